The number of piperidine rings is 1. The number of likely N-dealkylation sites (tertiary alicyclic amines) is 1. The Balaban J connectivity index is 2.13. The summed E-state index contributed by atoms with van der Waals surface area (Å²) in [7, 11) is 0. The first kappa shape index (κ1) is 15.3. The van der Waals surface area contributed by atoms with E-state index in [1.54, 1.807) is 6.07 Å². The second-order valence-corrected chi connectivity index (χ2v) is 6.06. The molecule has 0 spiro atoms. The Labute approximate surface area is 124 Å². The predicted octanol–water partition coefficient (Wildman–Crippen LogP) is 2.70. The molecule has 0 aromatic carbocycles. The number of pyridine rings is 1. The molecule has 5 heteroatoms. The van der Waals surface area contributed by atoms with Crippen molar-refractivity contribution in [3.05, 3.63) is 28.5 Å². The lowest BCUT2D eigenvalue weighted by Crippen LogP contribution is -2.39. The van der Waals surface area contributed by atoms with Crippen molar-refractivity contribution in [2.75, 3.05) is 19.7 Å². The summed E-state index contributed by atoms with van der Waals surface area (Å²) in [5.41, 5.74) is 1.45. The summed E-state index contributed by atoms with van der Waals surface area (Å²) in [6, 6.07) is 3.46. The van der Waals surface area contributed by atoms with Crippen LogP contribution in [0.3, 0.4) is 0 Å². The number of aromatic nitrogens is 1. The summed E-state index contributed by atoms with van der Waals surface area (Å²) in [6.45, 7) is 5.65. The van der Waals surface area contributed by atoms with Crippen molar-refractivity contribution in [1.82, 2.24) is 9.88 Å². The molecule has 1 aromatic heterocycles. The number of hydrogen-bond acceptors (Lipinski definition) is 3. The van der Waals surface area contributed by atoms with Crippen molar-refractivity contribution in [1.29, 1.82) is 0 Å². The molecule has 20 heavy (non-hydrogen) atoms. The van der Waals surface area contributed by atoms with Gasteiger partial charge in [0, 0.05) is 31.0 Å². The maximum Gasteiger partial charge on any atom is 0.254 e. The molecule has 1 N–H and O–H groups in total. The van der Waals surface area contributed by atoms with Crippen molar-refractivity contribution < 1.29 is 9.90 Å². The molecule has 0 saturated carbocycles. The van der Waals surface area contributed by atoms with Gasteiger partial charge in [0.2, 0.25) is 0 Å². The Bertz CT molecular complexity index is 483. The number of halogens is 1. The van der Waals surface area contributed by atoms with Crippen LogP contribution in [0, 0.1) is 5.92 Å². The van der Waals surface area contributed by atoms with Crippen LogP contribution in [0.5, 0.6) is 0 Å². The van der Waals surface area contributed by atoms with Crippen LogP contribution in [0.1, 0.15) is 48.7 Å². The number of hydrogen-bond donors (Lipinski definition) is 1. The molecule has 1 aromatic rings. The van der Waals surface area contributed by atoms with E-state index in [4.69, 9.17) is 16.7 Å². The van der Waals surface area contributed by atoms with Gasteiger partial charge in [-0.2, -0.15) is 0 Å². The van der Waals surface area contributed by atoms with Crippen molar-refractivity contribution in [2.24, 2.45) is 5.92 Å². The maximum atomic E-state index is 12.5. The van der Waals surface area contributed by atoms with Crippen LogP contribution in [0.2, 0.25) is 5.15 Å². The zero-order chi connectivity index (χ0) is 14.7. The van der Waals surface area contributed by atoms with Crippen LogP contribution in [-0.4, -0.2) is 40.6 Å². The molecule has 0 unspecified atom stereocenters. The first-order valence-electron chi connectivity index (χ1n) is 7.09. The molecule has 1 aliphatic rings. The molecule has 110 valence electrons. The van der Waals surface area contributed by atoms with Crippen LogP contribution < -0.4 is 0 Å². The second kappa shape index (κ2) is 6.55. The highest BCUT2D eigenvalue weighted by molar-refractivity contribution is 6.29. The van der Waals surface area contributed by atoms with E-state index >= 15 is 0 Å². The molecule has 1 saturated heterocycles. The van der Waals surface area contributed by atoms with Gasteiger partial charge in [-0.25, -0.2) is 4.98 Å². The Hall–Kier alpha value is -1.13. The smallest absolute Gasteiger partial charge is 0.254 e. The summed E-state index contributed by atoms with van der Waals surface area (Å²) in [6.07, 6.45) is 1.72. The molecule has 0 bridgehead atoms. The first-order valence-corrected chi connectivity index (χ1v) is 7.46. The van der Waals surface area contributed by atoms with Gasteiger partial charge in [0.15, 0.2) is 0 Å². The van der Waals surface area contributed by atoms with E-state index in [-0.39, 0.29) is 18.4 Å². The predicted molar refractivity (Wildman–Crippen MR) is 79.0 cm³/mol. The summed E-state index contributed by atoms with van der Waals surface area (Å²) < 4.78 is 0. The van der Waals surface area contributed by atoms with Crippen LogP contribution in [0.15, 0.2) is 12.1 Å². The van der Waals surface area contributed by atoms with E-state index in [2.05, 4.69) is 4.98 Å². The maximum absolute atomic E-state index is 12.5. The molecular weight excluding hydrogens is 276 g/mol. The minimum atomic E-state index is 0.00703. The van der Waals surface area contributed by atoms with Gasteiger partial charge >= 0.3 is 0 Å². The fourth-order valence-corrected chi connectivity index (χ4v) is 2.65. The van der Waals surface area contributed by atoms with Gasteiger partial charge in [0.25, 0.3) is 5.91 Å². The van der Waals surface area contributed by atoms with Crippen molar-refractivity contribution in [2.45, 2.75) is 32.6 Å². The van der Waals surface area contributed by atoms with Gasteiger partial charge in [-0.05, 0) is 36.8 Å². The molecular formula is C15H21ClN2O2. The van der Waals surface area contributed by atoms with E-state index in [0.717, 1.165) is 18.5 Å². The molecule has 1 fully saturated rings. The lowest BCUT2D eigenvalue weighted by Gasteiger charge is -2.31. The molecule has 2 heterocycles. The zero-order valence-electron chi connectivity index (χ0n) is 12.0. The fraction of sp³-hybridized carbons (Fsp3) is 0.600. The third-order valence-corrected chi connectivity index (χ3v) is 4.01. The molecule has 0 radical (unpaired) electrons. The quantitative estimate of drug-likeness (QED) is 0.873. The Morgan fingerprint density at radius 3 is 2.65 bits per heavy atom. The lowest BCUT2D eigenvalue weighted by atomic mass is 9.97. The summed E-state index contributed by atoms with van der Waals surface area (Å²) in [5.74, 6) is 0.569. The first-order chi connectivity index (χ1) is 9.51. The minimum absolute atomic E-state index is 0.00703. The third-order valence-electron chi connectivity index (χ3n) is 3.81. The van der Waals surface area contributed by atoms with Crippen LogP contribution >= 0.6 is 11.6 Å². The van der Waals surface area contributed by atoms with Crippen LogP contribution in [0.4, 0.5) is 0 Å². The number of aliphatic hydroxyl groups is 1. The monoisotopic (exact) mass is 296 g/mol. The highest BCUT2D eigenvalue weighted by atomic mass is 35.5. The third kappa shape index (κ3) is 3.49. The SMILES string of the molecule is CC(C)c1cc(C(=O)N2CCC(CO)CC2)cc(Cl)n1. The van der Waals surface area contributed by atoms with E-state index in [0.29, 0.717) is 29.7 Å². The number of amides is 1. The number of nitrogens with zero attached hydrogens (tertiary/aromatic N) is 2. The summed E-state index contributed by atoms with van der Waals surface area (Å²) in [4.78, 5) is 18.6. The Kier molecular flexibility index (Phi) is 5.00. The zero-order valence-corrected chi connectivity index (χ0v) is 12.7. The Morgan fingerprint density at radius 2 is 2.10 bits per heavy atom. The molecule has 2 rings (SSSR count). The molecule has 0 atom stereocenters. The molecule has 1 amide bonds. The molecule has 4 nitrogen and oxygen atoms in total. The lowest BCUT2D eigenvalue weighted by molar-refractivity contribution is 0.0650. The van der Waals surface area contributed by atoms with Crippen molar-refractivity contribution in [3.8, 4) is 0 Å². The van der Waals surface area contributed by atoms with E-state index < -0.39 is 0 Å². The average molecular weight is 297 g/mol. The van der Waals surface area contributed by atoms with Gasteiger partial charge in [0.1, 0.15) is 5.15 Å². The second-order valence-electron chi connectivity index (χ2n) is 5.68. The normalized spacial score (nSPS) is 16.8. The summed E-state index contributed by atoms with van der Waals surface area (Å²) >= 11 is 6.01. The summed E-state index contributed by atoms with van der Waals surface area (Å²) in [5, 5.41) is 9.50. The largest absolute Gasteiger partial charge is 0.396 e. The fourth-order valence-electron chi connectivity index (χ4n) is 2.44. The molecule has 0 aliphatic carbocycles. The van der Waals surface area contributed by atoms with Gasteiger partial charge in [-0.1, -0.05) is 25.4 Å². The number of rotatable bonds is 3. The van der Waals surface area contributed by atoms with Crippen molar-refractivity contribution >= 4 is 17.5 Å². The topological polar surface area (TPSA) is 53.4 Å². The highest BCUT2D eigenvalue weighted by Crippen LogP contribution is 2.22. The van der Waals surface area contributed by atoms with Crippen LogP contribution in [-0.2, 0) is 0 Å². The average Bonchev–Trinajstić information content (AvgIpc) is 2.46. The van der Waals surface area contributed by atoms with E-state index in [9.17, 15) is 4.79 Å². The minimum Gasteiger partial charge on any atom is -0.396 e. The number of carbonyl (C=O) groups excluding carboxylic acids is 1. The Morgan fingerprint density at radius 1 is 1.45 bits per heavy atom. The van der Waals surface area contributed by atoms with Gasteiger partial charge in [-0.3, -0.25) is 4.79 Å². The standard InChI is InChI=1S/C15H21ClN2O2/c1-10(2)13-7-12(8-14(16)17-13)15(20)18-5-3-11(9-19)4-6-18/h7-8,10-11,19H,3-6,9H2,1-2H3. The van der Waals surface area contributed by atoms with Crippen LogP contribution in [0.25, 0.3) is 0 Å². The highest BCUT2D eigenvalue weighted by Gasteiger charge is 2.24. The van der Waals surface area contributed by atoms with Gasteiger partial charge < -0.3 is 10.0 Å². The van der Waals surface area contributed by atoms with Gasteiger partial charge in [0.05, 0.1) is 0 Å². The number of aliphatic hydroxyl groups excluding tert-OH is 1. The van der Waals surface area contributed by atoms with Gasteiger partial charge in [-0.15, -0.1) is 0 Å². The van der Waals surface area contributed by atoms with Crippen molar-refractivity contribution in [3.63, 3.8) is 0 Å². The van der Waals surface area contributed by atoms with E-state index in [1.165, 1.54) is 0 Å². The number of carbonyl (C=O) groups is 1. The molecule has 1 aliphatic heterocycles. The van der Waals surface area contributed by atoms with E-state index in [1.807, 2.05) is 24.8 Å².